The Labute approximate surface area is 105 Å². The molecule has 17 heavy (non-hydrogen) atoms. The summed E-state index contributed by atoms with van der Waals surface area (Å²) >= 11 is 0. The molecule has 0 radical (unpaired) electrons. The van der Waals surface area contributed by atoms with Gasteiger partial charge in [0.25, 0.3) is 0 Å². The maximum absolute atomic E-state index is 11.5. The van der Waals surface area contributed by atoms with Gasteiger partial charge in [0.15, 0.2) is 0 Å². The van der Waals surface area contributed by atoms with E-state index in [0.29, 0.717) is 5.92 Å². The molecule has 0 aromatic heterocycles. The second-order valence-corrected chi connectivity index (χ2v) is 5.70. The summed E-state index contributed by atoms with van der Waals surface area (Å²) in [7, 11) is 1.48. The van der Waals surface area contributed by atoms with Crippen molar-refractivity contribution < 1.29 is 9.53 Å². The zero-order valence-electron chi connectivity index (χ0n) is 11.7. The zero-order valence-corrected chi connectivity index (χ0v) is 11.7. The normalized spacial score (nSPS) is 24.6. The molecule has 0 N–H and O–H groups in total. The second kappa shape index (κ2) is 6.83. The molecule has 0 aliphatic heterocycles. The van der Waals surface area contributed by atoms with E-state index in [2.05, 4.69) is 26.8 Å². The fourth-order valence-corrected chi connectivity index (χ4v) is 2.59. The third-order valence-corrected chi connectivity index (χ3v) is 3.71. The van der Waals surface area contributed by atoms with Gasteiger partial charge in [-0.25, -0.2) is 0 Å². The molecular weight excluding hydrogens is 212 g/mol. The average molecular weight is 238 g/mol. The van der Waals surface area contributed by atoms with Crippen molar-refractivity contribution in [3.8, 4) is 0 Å². The van der Waals surface area contributed by atoms with Gasteiger partial charge in [-0.15, -0.1) is 0 Å². The van der Waals surface area contributed by atoms with Gasteiger partial charge in [0, 0.05) is 0 Å². The Kier molecular flexibility index (Phi) is 5.73. The summed E-state index contributed by atoms with van der Waals surface area (Å²) in [6.45, 7) is 6.70. The first-order valence-corrected chi connectivity index (χ1v) is 6.80. The number of rotatable bonds is 5. The standard InChI is InChI=1S/C15H26O2/c1-11(2)6-5-7-13-8-9-14(12(3)10-13)15(16)17-4/h8,11-12,14H,5-7,9-10H2,1-4H3. The summed E-state index contributed by atoms with van der Waals surface area (Å²) in [5.74, 6) is 1.25. The molecule has 0 aromatic carbocycles. The van der Waals surface area contributed by atoms with Gasteiger partial charge in [-0.2, -0.15) is 0 Å². The Balaban J connectivity index is 2.41. The van der Waals surface area contributed by atoms with E-state index in [1.54, 1.807) is 5.57 Å². The molecule has 1 aliphatic carbocycles. The molecule has 98 valence electrons. The fraction of sp³-hybridized carbons (Fsp3) is 0.800. The second-order valence-electron chi connectivity index (χ2n) is 5.70. The quantitative estimate of drug-likeness (QED) is 0.535. The van der Waals surface area contributed by atoms with Gasteiger partial charge < -0.3 is 4.74 Å². The highest BCUT2D eigenvalue weighted by Crippen LogP contribution is 2.32. The van der Waals surface area contributed by atoms with Crippen LogP contribution in [0.25, 0.3) is 0 Å². The highest BCUT2D eigenvalue weighted by Gasteiger charge is 2.28. The van der Waals surface area contributed by atoms with E-state index in [9.17, 15) is 4.79 Å². The van der Waals surface area contributed by atoms with E-state index >= 15 is 0 Å². The van der Waals surface area contributed by atoms with Gasteiger partial charge in [-0.3, -0.25) is 4.79 Å². The molecule has 0 saturated carbocycles. The Morgan fingerprint density at radius 3 is 2.76 bits per heavy atom. The number of allylic oxidation sites excluding steroid dienone is 2. The molecule has 2 nitrogen and oxygen atoms in total. The highest BCUT2D eigenvalue weighted by molar-refractivity contribution is 5.73. The first kappa shape index (κ1) is 14.3. The van der Waals surface area contributed by atoms with Crippen LogP contribution >= 0.6 is 0 Å². The number of methoxy groups -OCH3 is 1. The lowest BCUT2D eigenvalue weighted by molar-refractivity contribution is -0.147. The summed E-state index contributed by atoms with van der Waals surface area (Å²) in [5.41, 5.74) is 1.54. The monoisotopic (exact) mass is 238 g/mol. The van der Waals surface area contributed by atoms with E-state index in [4.69, 9.17) is 4.74 Å². The van der Waals surface area contributed by atoms with Crippen LogP contribution in [0.2, 0.25) is 0 Å². The van der Waals surface area contributed by atoms with Crippen LogP contribution in [0.15, 0.2) is 11.6 Å². The van der Waals surface area contributed by atoms with Crippen LogP contribution in [-0.2, 0) is 9.53 Å². The summed E-state index contributed by atoms with van der Waals surface area (Å²) in [6, 6.07) is 0. The largest absolute Gasteiger partial charge is 0.469 e. The van der Waals surface area contributed by atoms with E-state index in [-0.39, 0.29) is 11.9 Å². The Bertz CT molecular complexity index is 279. The molecule has 0 fully saturated rings. The SMILES string of the molecule is COC(=O)C1CC=C(CCCC(C)C)CC1C. The van der Waals surface area contributed by atoms with Crippen molar-refractivity contribution in [1.29, 1.82) is 0 Å². The molecule has 0 amide bonds. The van der Waals surface area contributed by atoms with Crippen molar-refractivity contribution in [1.82, 2.24) is 0 Å². The topological polar surface area (TPSA) is 26.3 Å². The molecule has 0 bridgehead atoms. The summed E-state index contributed by atoms with van der Waals surface area (Å²) in [4.78, 5) is 11.5. The van der Waals surface area contributed by atoms with Gasteiger partial charge in [0.05, 0.1) is 13.0 Å². The van der Waals surface area contributed by atoms with Crippen LogP contribution in [0, 0.1) is 17.8 Å². The maximum atomic E-state index is 11.5. The highest BCUT2D eigenvalue weighted by atomic mass is 16.5. The van der Waals surface area contributed by atoms with Crippen molar-refractivity contribution in [2.75, 3.05) is 7.11 Å². The third-order valence-electron chi connectivity index (χ3n) is 3.71. The first-order valence-electron chi connectivity index (χ1n) is 6.80. The van der Waals surface area contributed by atoms with Gasteiger partial charge in [0.1, 0.15) is 0 Å². The average Bonchev–Trinajstić information content (AvgIpc) is 2.28. The maximum Gasteiger partial charge on any atom is 0.309 e. The van der Waals surface area contributed by atoms with Crippen molar-refractivity contribution in [3.63, 3.8) is 0 Å². The van der Waals surface area contributed by atoms with Crippen LogP contribution in [0.4, 0.5) is 0 Å². The number of carbonyl (C=O) groups excluding carboxylic acids is 1. The number of hydrogen-bond donors (Lipinski definition) is 0. The smallest absolute Gasteiger partial charge is 0.309 e. The Morgan fingerprint density at radius 2 is 2.24 bits per heavy atom. The van der Waals surface area contributed by atoms with Gasteiger partial charge in [-0.05, 0) is 37.5 Å². The lowest BCUT2D eigenvalue weighted by Crippen LogP contribution is -2.25. The minimum Gasteiger partial charge on any atom is -0.469 e. The van der Waals surface area contributed by atoms with Gasteiger partial charge in [0.2, 0.25) is 0 Å². The summed E-state index contributed by atoms with van der Waals surface area (Å²) < 4.78 is 4.84. The molecule has 2 heteroatoms. The Hall–Kier alpha value is -0.790. The van der Waals surface area contributed by atoms with Crippen molar-refractivity contribution in [2.45, 2.75) is 52.9 Å². The van der Waals surface area contributed by atoms with Crippen LogP contribution in [-0.4, -0.2) is 13.1 Å². The van der Waals surface area contributed by atoms with E-state index < -0.39 is 0 Å². The van der Waals surface area contributed by atoms with Gasteiger partial charge >= 0.3 is 5.97 Å². The minimum atomic E-state index is -0.0463. The van der Waals surface area contributed by atoms with Crippen LogP contribution in [0.3, 0.4) is 0 Å². The van der Waals surface area contributed by atoms with Crippen molar-refractivity contribution in [3.05, 3.63) is 11.6 Å². The summed E-state index contributed by atoms with van der Waals surface area (Å²) in [5, 5.41) is 0. The molecule has 0 spiro atoms. The summed E-state index contributed by atoms with van der Waals surface area (Å²) in [6.07, 6.45) is 7.98. The van der Waals surface area contributed by atoms with Crippen molar-refractivity contribution >= 4 is 5.97 Å². The Morgan fingerprint density at radius 1 is 1.53 bits per heavy atom. The number of carbonyl (C=O) groups is 1. The van der Waals surface area contributed by atoms with Gasteiger partial charge in [-0.1, -0.05) is 38.8 Å². The molecule has 2 unspecified atom stereocenters. The number of esters is 1. The molecule has 1 aliphatic rings. The molecule has 0 aromatic rings. The zero-order chi connectivity index (χ0) is 12.8. The minimum absolute atomic E-state index is 0.0463. The molecule has 2 atom stereocenters. The van der Waals surface area contributed by atoms with E-state index in [1.807, 2.05) is 0 Å². The molecular formula is C15H26O2. The van der Waals surface area contributed by atoms with Crippen molar-refractivity contribution in [2.24, 2.45) is 17.8 Å². The van der Waals surface area contributed by atoms with E-state index in [1.165, 1.54) is 26.4 Å². The number of hydrogen-bond acceptors (Lipinski definition) is 2. The van der Waals surface area contributed by atoms with Crippen LogP contribution in [0.5, 0.6) is 0 Å². The lowest BCUT2D eigenvalue weighted by Gasteiger charge is -2.26. The van der Waals surface area contributed by atoms with E-state index in [0.717, 1.165) is 18.8 Å². The predicted octanol–water partition coefficient (Wildman–Crippen LogP) is 3.96. The van der Waals surface area contributed by atoms with Crippen LogP contribution < -0.4 is 0 Å². The first-order chi connectivity index (χ1) is 8.04. The molecule has 1 rings (SSSR count). The predicted molar refractivity (Wildman–Crippen MR) is 70.7 cm³/mol. The molecule has 0 heterocycles. The lowest BCUT2D eigenvalue weighted by atomic mass is 9.79. The third kappa shape index (κ3) is 4.53. The van der Waals surface area contributed by atoms with Crippen LogP contribution in [0.1, 0.15) is 52.9 Å². The number of ether oxygens (including phenoxy) is 1. The molecule has 0 saturated heterocycles. The fourth-order valence-electron chi connectivity index (χ4n) is 2.59.